The van der Waals surface area contributed by atoms with Gasteiger partial charge >= 0.3 is 0 Å². The molecule has 1 saturated heterocycles. The van der Waals surface area contributed by atoms with Crippen LogP contribution in [-0.2, 0) is 0 Å². The Morgan fingerprint density at radius 2 is 1.92 bits per heavy atom. The van der Waals surface area contributed by atoms with Crippen LogP contribution >= 0.6 is 11.8 Å². The van der Waals surface area contributed by atoms with Gasteiger partial charge in [0.25, 0.3) is 5.91 Å². The third kappa shape index (κ3) is 3.87. The highest BCUT2D eigenvalue weighted by Crippen LogP contribution is 2.17. The summed E-state index contributed by atoms with van der Waals surface area (Å²) in [6, 6.07) is 9.03. The molecule has 132 valence electrons. The van der Waals surface area contributed by atoms with Crippen molar-refractivity contribution >= 4 is 17.7 Å². The Bertz CT molecular complexity index is 811. The third-order valence-electron chi connectivity index (χ3n) is 3.97. The average molecular weight is 359 g/mol. The first-order chi connectivity index (χ1) is 12.1. The molecule has 1 aliphatic rings. The molecule has 0 atom stereocenters. The SMILES string of the molecule is CCOc1cc(=O)c(C(=O)N2CCSCC2)nn1-c1ccc(C)cc1. The molecule has 2 aromatic rings. The van der Waals surface area contributed by atoms with Crippen LogP contribution in [0.1, 0.15) is 23.0 Å². The zero-order chi connectivity index (χ0) is 17.8. The van der Waals surface area contributed by atoms with Crippen molar-refractivity contribution in [2.45, 2.75) is 13.8 Å². The highest BCUT2D eigenvalue weighted by atomic mass is 32.2. The van der Waals surface area contributed by atoms with Gasteiger partial charge in [0.2, 0.25) is 11.3 Å². The summed E-state index contributed by atoms with van der Waals surface area (Å²) < 4.78 is 7.08. The molecule has 0 radical (unpaired) electrons. The molecule has 1 fully saturated rings. The Labute approximate surface area is 150 Å². The number of carbonyl (C=O) groups excluding carboxylic acids is 1. The smallest absolute Gasteiger partial charge is 0.278 e. The van der Waals surface area contributed by atoms with Gasteiger partial charge in [-0.25, -0.2) is 4.68 Å². The van der Waals surface area contributed by atoms with E-state index in [2.05, 4.69) is 5.10 Å². The monoisotopic (exact) mass is 359 g/mol. The van der Waals surface area contributed by atoms with Gasteiger partial charge in [-0.3, -0.25) is 9.59 Å². The predicted molar refractivity (Wildman–Crippen MR) is 99.0 cm³/mol. The number of nitrogens with zero attached hydrogens (tertiary/aromatic N) is 3. The summed E-state index contributed by atoms with van der Waals surface area (Å²) in [4.78, 5) is 26.8. The molecule has 1 aromatic carbocycles. The summed E-state index contributed by atoms with van der Waals surface area (Å²) in [5.41, 5.74) is 1.40. The van der Waals surface area contributed by atoms with Crippen molar-refractivity contribution in [1.82, 2.24) is 14.7 Å². The molecule has 1 amide bonds. The van der Waals surface area contributed by atoms with Crippen LogP contribution in [0.5, 0.6) is 5.88 Å². The molecule has 3 rings (SSSR count). The molecule has 6 nitrogen and oxygen atoms in total. The Morgan fingerprint density at radius 3 is 2.56 bits per heavy atom. The van der Waals surface area contributed by atoms with Gasteiger partial charge in [0.05, 0.1) is 18.4 Å². The molecule has 0 unspecified atom stereocenters. The zero-order valence-corrected chi connectivity index (χ0v) is 15.2. The van der Waals surface area contributed by atoms with Crippen molar-refractivity contribution in [2.75, 3.05) is 31.2 Å². The van der Waals surface area contributed by atoms with Gasteiger partial charge in [-0.15, -0.1) is 0 Å². The largest absolute Gasteiger partial charge is 0.478 e. The first kappa shape index (κ1) is 17.5. The third-order valence-corrected chi connectivity index (χ3v) is 4.91. The highest BCUT2D eigenvalue weighted by molar-refractivity contribution is 7.99. The molecule has 1 aliphatic heterocycles. The molecule has 0 bridgehead atoms. The van der Waals surface area contributed by atoms with Gasteiger partial charge < -0.3 is 9.64 Å². The van der Waals surface area contributed by atoms with Crippen molar-refractivity contribution < 1.29 is 9.53 Å². The van der Waals surface area contributed by atoms with E-state index in [0.29, 0.717) is 25.6 Å². The molecule has 2 heterocycles. The minimum Gasteiger partial charge on any atom is -0.478 e. The maximum atomic E-state index is 12.7. The van der Waals surface area contributed by atoms with Crippen LogP contribution in [0, 0.1) is 6.92 Å². The molecule has 1 aromatic heterocycles. The normalized spacial score (nSPS) is 14.4. The standard InChI is InChI=1S/C18H21N3O3S/c1-3-24-16-12-15(22)17(18(23)20-8-10-25-11-9-20)19-21(16)14-6-4-13(2)5-7-14/h4-7,12H,3,8-11H2,1-2H3. The first-order valence-corrected chi connectivity index (χ1v) is 9.47. The van der Waals surface area contributed by atoms with E-state index >= 15 is 0 Å². The minimum atomic E-state index is -0.407. The molecule has 0 aliphatic carbocycles. The topological polar surface area (TPSA) is 64.4 Å². The van der Waals surface area contributed by atoms with Gasteiger partial charge in [0.15, 0.2) is 5.69 Å². The van der Waals surface area contributed by atoms with E-state index in [4.69, 9.17) is 4.74 Å². The maximum absolute atomic E-state index is 12.7. The van der Waals surface area contributed by atoms with Crippen LogP contribution in [0.25, 0.3) is 5.69 Å². The Hall–Kier alpha value is -2.28. The van der Waals surface area contributed by atoms with E-state index in [1.807, 2.05) is 49.9 Å². The zero-order valence-electron chi connectivity index (χ0n) is 14.4. The Morgan fingerprint density at radius 1 is 1.24 bits per heavy atom. The van der Waals surface area contributed by atoms with Gasteiger partial charge in [-0.05, 0) is 26.0 Å². The van der Waals surface area contributed by atoms with Crippen LogP contribution < -0.4 is 10.2 Å². The van der Waals surface area contributed by atoms with Gasteiger partial charge in [-0.1, -0.05) is 17.7 Å². The van der Waals surface area contributed by atoms with Crippen LogP contribution in [0.3, 0.4) is 0 Å². The second kappa shape index (κ2) is 7.74. The van der Waals surface area contributed by atoms with Crippen molar-refractivity contribution in [2.24, 2.45) is 0 Å². The lowest BCUT2D eigenvalue weighted by atomic mass is 10.2. The molecular weight excluding hydrogens is 338 g/mol. The molecule has 7 heteroatoms. The van der Waals surface area contributed by atoms with Crippen LogP contribution in [0.15, 0.2) is 35.1 Å². The number of amides is 1. The summed E-state index contributed by atoms with van der Waals surface area (Å²) >= 11 is 1.81. The van der Waals surface area contributed by atoms with E-state index in [1.165, 1.54) is 10.7 Å². The number of rotatable bonds is 4. The summed E-state index contributed by atoms with van der Waals surface area (Å²) in [5, 5.41) is 4.35. The Balaban J connectivity index is 2.04. The van der Waals surface area contributed by atoms with E-state index < -0.39 is 5.43 Å². The molecule has 25 heavy (non-hydrogen) atoms. The van der Waals surface area contributed by atoms with Crippen LogP contribution in [-0.4, -0.2) is 51.8 Å². The number of hydrogen-bond acceptors (Lipinski definition) is 5. The van der Waals surface area contributed by atoms with Gasteiger partial charge in [-0.2, -0.15) is 16.9 Å². The number of aryl methyl sites for hydroxylation is 1. The summed E-state index contributed by atoms with van der Waals surface area (Å²) in [6.45, 7) is 5.53. The second-order valence-corrected chi connectivity index (χ2v) is 7.01. The van der Waals surface area contributed by atoms with E-state index in [9.17, 15) is 9.59 Å². The quantitative estimate of drug-likeness (QED) is 0.837. The summed E-state index contributed by atoms with van der Waals surface area (Å²) in [5.74, 6) is 1.79. The van der Waals surface area contributed by atoms with E-state index in [-0.39, 0.29) is 11.6 Å². The predicted octanol–water partition coefficient (Wildman–Crippen LogP) is 2.13. The summed E-state index contributed by atoms with van der Waals surface area (Å²) in [6.07, 6.45) is 0. The van der Waals surface area contributed by atoms with E-state index in [0.717, 1.165) is 22.8 Å². The fraction of sp³-hybridized carbons (Fsp3) is 0.389. The lowest BCUT2D eigenvalue weighted by Crippen LogP contribution is -2.41. The fourth-order valence-corrected chi connectivity index (χ4v) is 3.53. The average Bonchev–Trinajstić information content (AvgIpc) is 2.63. The first-order valence-electron chi connectivity index (χ1n) is 8.31. The highest BCUT2D eigenvalue weighted by Gasteiger charge is 2.24. The van der Waals surface area contributed by atoms with Crippen molar-refractivity contribution in [3.05, 3.63) is 51.8 Å². The van der Waals surface area contributed by atoms with Crippen molar-refractivity contribution in [1.29, 1.82) is 0 Å². The van der Waals surface area contributed by atoms with Crippen molar-refractivity contribution in [3.8, 4) is 11.6 Å². The summed E-state index contributed by atoms with van der Waals surface area (Å²) in [7, 11) is 0. The van der Waals surface area contributed by atoms with E-state index in [1.54, 1.807) is 4.90 Å². The number of carbonyl (C=O) groups is 1. The maximum Gasteiger partial charge on any atom is 0.278 e. The number of hydrogen-bond donors (Lipinski definition) is 0. The molecule has 0 spiro atoms. The molecule has 0 saturated carbocycles. The fourth-order valence-electron chi connectivity index (χ4n) is 2.63. The minimum absolute atomic E-state index is 0.0593. The van der Waals surface area contributed by atoms with Gasteiger partial charge in [0.1, 0.15) is 0 Å². The number of aromatic nitrogens is 2. The number of thioether (sulfide) groups is 1. The van der Waals surface area contributed by atoms with Crippen LogP contribution in [0.4, 0.5) is 0 Å². The number of benzene rings is 1. The van der Waals surface area contributed by atoms with Gasteiger partial charge in [0, 0.05) is 24.6 Å². The lowest BCUT2D eigenvalue weighted by Gasteiger charge is -2.26. The number of ether oxygens (including phenoxy) is 1. The molecular formula is C18H21N3O3S. The Kier molecular flexibility index (Phi) is 5.43. The second-order valence-electron chi connectivity index (χ2n) is 5.78. The van der Waals surface area contributed by atoms with Crippen molar-refractivity contribution in [3.63, 3.8) is 0 Å². The van der Waals surface area contributed by atoms with Crippen LogP contribution in [0.2, 0.25) is 0 Å². The lowest BCUT2D eigenvalue weighted by molar-refractivity contribution is 0.0762. The molecule has 0 N–H and O–H groups in total.